The predicted molar refractivity (Wildman–Crippen MR) is 140 cm³/mol. The van der Waals surface area contributed by atoms with Crippen LogP contribution in [0.5, 0.6) is 11.5 Å². The summed E-state index contributed by atoms with van der Waals surface area (Å²) < 4.78 is 42.1. The first-order valence-corrected chi connectivity index (χ1v) is 13.6. The Kier molecular flexibility index (Phi) is 7.51. The highest BCUT2D eigenvalue weighted by Crippen LogP contribution is 2.32. The number of aromatic nitrogens is 1. The molecule has 0 saturated carbocycles. The topological polar surface area (TPSA) is 86.6 Å². The van der Waals surface area contributed by atoms with Gasteiger partial charge in [-0.1, -0.05) is 48.1 Å². The summed E-state index contributed by atoms with van der Waals surface area (Å²) in [5.74, 6) is 1.09. The molecule has 0 aliphatic carbocycles. The van der Waals surface area contributed by atoms with Crippen molar-refractivity contribution in [3.05, 3.63) is 86.5 Å². The van der Waals surface area contributed by atoms with Crippen LogP contribution in [0, 0.1) is 0 Å². The van der Waals surface area contributed by atoms with Crippen molar-refractivity contribution in [1.82, 2.24) is 9.29 Å². The number of hydrogen-bond acceptors (Lipinski definition) is 6. The summed E-state index contributed by atoms with van der Waals surface area (Å²) in [5, 5.41) is 0.622. The average molecular weight is 533 g/mol. The van der Waals surface area contributed by atoms with E-state index in [2.05, 4.69) is 4.72 Å². The van der Waals surface area contributed by atoms with Gasteiger partial charge in [0.1, 0.15) is 0 Å². The number of rotatable bonds is 9. The highest BCUT2D eigenvalue weighted by atomic mass is 35.5. The zero-order valence-electron chi connectivity index (χ0n) is 19.4. The molecule has 0 aliphatic heterocycles. The quantitative estimate of drug-likeness (QED) is 0.320. The zero-order valence-corrected chi connectivity index (χ0v) is 21.8. The van der Waals surface area contributed by atoms with Crippen LogP contribution in [-0.2, 0) is 16.6 Å². The molecule has 0 fully saturated rings. The third-order valence-corrected chi connectivity index (χ3v) is 8.38. The summed E-state index contributed by atoms with van der Waals surface area (Å²) in [6.45, 7) is 2.27. The van der Waals surface area contributed by atoms with E-state index in [0.717, 1.165) is 22.5 Å². The highest BCUT2D eigenvalue weighted by molar-refractivity contribution is 7.89. The Morgan fingerprint density at radius 1 is 1.00 bits per heavy atom. The molecule has 10 heteroatoms. The number of nitrogens with zero attached hydrogens (tertiary/aromatic N) is 1. The highest BCUT2D eigenvalue weighted by Gasteiger charge is 2.22. The van der Waals surface area contributed by atoms with Gasteiger partial charge in [-0.3, -0.25) is 9.36 Å². The molecule has 0 amide bonds. The number of halogens is 1. The Morgan fingerprint density at radius 2 is 1.71 bits per heavy atom. The number of ether oxygens (including phenoxy) is 2. The fourth-order valence-corrected chi connectivity index (χ4v) is 6.31. The molecule has 4 aromatic rings. The van der Waals surface area contributed by atoms with Crippen molar-refractivity contribution < 1.29 is 17.9 Å². The molecule has 1 aromatic heterocycles. The lowest BCUT2D eigenvalue weighted by atomic mass is 10.1. The van der Waals surface area contributed by atoms with Gasteiger partial charge in [0, 0.05) is 11.1 Å². The maximum absolute atomic E-state index is 13.3. The minimum absolute atomic E-state index is 0.101. The summed E-state index contributed by atoms with van der Waals surface area (Å²) in [4.78, 5) is 12.6. The van der Waals surface area contributed by atoms with Gasteiger partial charge in [0.2, 0.25) is 10.0 Å². The number of thiazole rings is 1. The van der Waals surface area contributed by atoms with Gasteiger partial charge in [0.05, 0.1) is 35.9 Å². The van der Waals surface area contributed by atoms with E-state index in [1.54, 1.807) is 48.1 Å². The van der Waals surface area contributed by atoms with Crippen molar-refractivity contribution in [3.63, 3.8) is 0 Å². The van der Waals surface area contributed by atoms with Crippen molar-refractivity contribution in [2.75, 3.05) is 14.2 Å². The standard InChI is InChI=1S/C25H25ClN2O5S2/c1-4-20(17-7-12-22(32-2)23(13-17)33-3)27-35(30,31)19-10-11-21-24(14-19)34-25(29)28(21)15-16-5-8-18(26)9-6-16/h5-14,20,27H,4,15H2,1-3H3. The molecular formula is C25H25ClN2O5S2. The van der Waals surface area contributed by atoms with Crippen molar-refractivity contribution in [2.24, 2.45) is 0 Å². The van der Waals surface area contributed by atoms with Crippen LogP contribution in [0.25, 0.3) is 10.2 Å². The third kappa shape index (κ3) is 5.38. The van der Waals surface area contributed by atoms with Gasteiger partial charge in [-0.05, 0) is 60.0 Å². The third-order valence-electron chi connectivity index (χ3n) is 5.72. The van der Waals surface area contributed by atoms with Crippen LogP contribution in [-0.4, -0.2) is 27.2 Å². The Hall–Kier alpha value is -2.85. The van der Waals surface area contributed by atoms with E-state index in [1.807, 2.05) is 25.1 Å². The van der Waals surface area contributed by atoms with Gasteiger partial charge < -0.3 is 9.47 Å². The van der Waals surface area contributed by atoms with Crippen LogP contribution in [0.3, 0.4) is 0 Å². The smallest absolute Gasteiger partial charge is 0.308 e. The number of hydrogen-bond donors (Lipinski definition) is 1. The fraction of sp³-hybridized carbons (Fsp3) is 0.240. The molecule has 1 heterocycles. The van der Waals surface area contributed by atoms with E-state index in [-0.39, 0.29) is 9.77 Å². The van der Waals surface area contributed by atoms with E-state index in [9.17, 15) is 13.2 Å². The maximum Gasteiger partial charge on any atom is 0.308 e. The van der Waals surface area contributed by atoms with Gasteiger partial charge in [0.15, 0.2) is 11.5 Å². The minimum atomic E-state index is -3.86. The van der Waals surface area contributed by atoms with Crippen molar-refractivity contribution in [2.45, 2.75) is 30.8 Å². The lowest BCUT2D eigenvalue weighted by Gasteiger charge is -2.19. The summed E-state index contributed by atoms with van der Waals surface area (Å²) in [6.07, 6.45) is 0.530. The predicted octanol–water partition coefficient (Wildman–Crippen LogP) is 5.21. The number of nitrogens with one attached hydrogen (secondary N) is 1. The normalized spacial score (nSPS) is 12.6. The van der Waals surface area contributed by atoms with E-state index < -0.39 is 16.1 Å². The second kappa shape index (κ2) is 10.4. The molecule has 3 aromatic carbocycles. The molecule has 4 rings (SSSR count). The summed E-state index contributed by atoms with van der Waals surface area (Å²) in [6, 6.07) is 16.9. The average Bonchev–Trinajstić information content (AvgIpc) is 3.17. The van der Waals surface area contributed by atoms with E-state index >= 15 is 0 Å². The molecule has 1 N–H and O–H groups in total. The molecule has 7 nitrogen and oxygen atoms in total. The van der Waals surface area contributed by atoms with Crippen molar-refractivity contribution in [3.8, 4) is 11.5 Å². The van der Waals surface area contributed by atoms with Crippen LogP contribution in [0.1, 0.15) is 30.5 Å². The van der Waals surface area contributed by atoms with Crippen LogP contribution in [0.15, 0.2) is 70.4 Å². The Morgan fingerprint density at radius 3 is 2.37 bits per heavy atom. The molecule has 184 valence electrons. The number of fused-ring (bicyclic) bond motifs is 1. The number of sulfonamides is 1. The summed E-state index contributed by atoms with van der Waals surface area (Å²) in [7, 11) is -0.774. The van der Waals surface area contributed by atoms with Crippen molar-refractivity contribution >= 4 is 43.2 Å². The second-order valence-electron chi connectivity index (χ2n) is 7.91. The molecule has 1 unspecified atom stereocenters. The molecular weight excluding hydrogens is 508 g/mol. The SMILES string of the molecule is CCC(NS(=O)(=O)c1ccc2c(c1)sc(=O)n2Cc1ccc(Cl)cc1)c1ccc(OC)c(OC)c1. The van der Waals surface area contributed by atoms with Gasteiger partial charge in [-0.2, -0.15) is 0 Å². The Bertz CT molecular complexity index is 1510. The van der Waals surface area contributed by atoms with E-state index in [4.69, 9.17) is 21.1 Å². The molecule has 1 atom stereocenters. The van der Waals surface area contributed by atoms with E-state index in [0.29, 0.717) is 39.7 Å². The van der Waals surface area contributed by atoms with Crippen LogP contribution in [0.4, 0.5) is 0 Å². The minimum Gasteiger partial charge on any atom is -0.493 e. The van der Waals surface area contributed by atoms with Crippen LogP contribution >= 0.6 is 22.9 Å². The largest absolute Gasteiger partial charge is 0.493 e. The Labute approximate surface area is 212 Å². The molecule has 0 saturated heterocycles. The van der Waals surface area contributed by atoms with Gasteiger partial charge in [-0.15, -0.1) is 0 Å². The van der Waals surface area contributed by atoms with E-state index in [1.165, 1.54) is 13.2 Å². The Balaban J connectivity index is 1.62. The first kappa shape index (κ1) is 25.2. The molecule has 0 aliphatic rings. The molecule has 0 radical (unpaired) electrons. The van der Waals surface area contributed by atoms with Crippen LogP contribution in [0.2, 0.25) is 5.02 Å². The lowest BCUT2D eigenvalue weighted by Crippen LogP contribution is -2.28. The first-order valence-electron chi connectivity index (χ1n) is 10.9. The number of benzene rings is 3. The monoisotopic (exact) mass is 532 g/mol. The fourth-order valence-electron chi connectivity index (χ4n) is 3.85. The lowest BCUT2D eigenvalue weighted by molar-refractivity contribution is 0.354. The number of methoxy groups -OCH3 is 2. The molecule has 0 spiro atoms. The maximum atomic E-state index is 13.3. The first-order chi connectivity index (χ1) is 16.7. The van der Waals surface area contributed by atoms with Gasteiger partial charge in [-0.25, -0.2) is 13.1 Å². The zero-order chi connectivity index (χ0) is 25.2. The summed E-state index contributed by atoms with van der Waals surface area (Å²) in [5.41, 5.74) is 2.37. The van der Waals surface area contributed by atoms with Crippen LogP contribution < -0.4 is 19.1 Å². The molecule has 35 heavy (non-hydrogen) atoms. The van der Waals surface area contributed by atoms with Gasteiger partial charge >= 0.3 is 4.87 Å². The van der Waals surface area contributed by atoms with Crippen molar-refractivity contribution in [1.29, 1.82) is 0 Å². The van der Waals surface area contributed by atoms with Gasteiger partial charge in [0.25, 0.3) is 0 Å². The second-order valence-corrected chi connectivity index (χ2v) is 11.1. The summed E-state index contributed by atoms with van der Waals surface area (Å²) >= 11 is 6.97. The molecule has 0 bridgehead atoms.